The van der Waals surface area contributed by atoms with Crippen molar-refractivity contribution in [3.05, 3.63) is 49.2 Å². The fourth-order valence-electron chi connectivity index (χ4n) is 3.54. The van der Waals surface area contributed by atoms with Gasteiger partial charge in [-0.15, -0.1) is 12.4 Å². The van der Waals surface area contributed by atoms with Crippen molar-refractivity contribution in [3.8, 4) is 22.6 Å². The standard InChI is InChI=1S/C20H20N6O.ClH/c1-3-16(18-21-7-8-22-18)4-2-15(1)17-11-23-19-20(25-17)26(13-24-19)12-14-5-9-27-10-6-14;/h1-4,7-8,11,13-14H,5-6,9-10,12H2,(H,21,22);1H. The Balaban J connectivity index is 0.00000192. The van der Waals surface area contributed by atoms with E-state index in [0.29, 0.717) is 11.6 Å². The number of halogens is 1. The van der Waals surface area contributed by atoms with Gasteiger partial charge in [0.25, 0.3) is 0 Å². The number of rotatable bonds is 4. The Bertz CT molecular complexity index is 1040. The van der Waals surface area contributed by atoms with Crippen molar-refractivity contribution < 1.29 is 4.74 Å². The Labute approximate surface area is 168 Å². The Morgan fingerprint density at radius 1 is 1.04 bits per heavy atom. The number of ether oxygens (including phenoxy) is 1. The van der Waals surface area contributed by atoms with Gasteiger partial charge < -0.3 is 14.3 Å². The summed E-state index contributed by atoms with van der Waals surface area (Å²) in [5, 5.41) is 0. The van der Waals surface area contributed by atoms with Crippen molar-refractivity contribution in [2.24, 2.45) is 5.92 Å². The molecule has 1 fully saturated rings. The smallest absolute Gasteiger partial charge is 0.197 e. The van der Waals surface area contributed by atoms with E-state index in [4.69, 9.17) is 9.72 Å². The summed E-state index contributed by atoms with van der Waals surface area (Å²) in [4.78, 5) is 21.2. The molecule has 1 aliphatic rings. The number of fused-ring (bicyclic) bond motifs is 1. The molecule has 0 atom stereocenters. The second kappa shape index (κ2) is 8.08. The topological polar surface area (TPSA) is 81.5 Å². The van der Waals surface area contributed by atoms with Crippen molar-refractivity contribution in [1.29, 1.82) is 0 Å². The third-order valence-electron chi connectivity index (χ3n) is 5.08. The van der Waals surface area contributed by atoms with Crippen LogP contribution in [0, 0.1) is 5.92 Å². The summed E-state index contributed by atoms with van der Waals surface area (Å²) in [6, 6.07) is 8.18. The van der Waals surface area contributed by atoms with Crippen LogP contribution in [0.4, 0.5) is 0 Å². The lowest BCUT2D eigenvalue weighted by molar-refractivity contribution is 0.0615. The molecule has 0 amide bonds. The zero-order chi connectivity index (χ0) is 18.1. The summed E-state index contributed by atoms with van der Waals surface area (Å²) in [5.74, 6) is 1.46. The second-order valence-electron chi connectivity index (χ2n) is 6.87. The van der Waals surface area contributed by atoms with Crippen LogP contribution in [0.5, 0.6) is 0 Å². The Morgan fingerprint density at radius 3 is 2.57 bits per heavy atom. The fourth-order valence-corrected chi connectivity index (χ4v) is 3.54. The van der Waals surface area contributed by atoms with Crippen molar-refractivity contribution >= 4 is 23.7 Å². The molecule has 5 rings (SSSR count). The van der Waals surface area contributed by atoms with Crippen LogP contribution in [0.1, 0.15) is 12.8 Å². The van der Waals surface area contributed by atoms with E-state index in [1.807, 2.05) is 36.8 Å². The van der Waals surface area contributed by atoms with Gasteiger partial charge in [-0.1, -0.05) is 24.3 Å². The maximum atomic E-state index is 5.46. The van der Waals surface area contributed by atoms with Crippen LogP contribution in [0.25, 0.3) is 33.9 Å². The predicted octanol–water partition coefficient (Wildman–Crippen LogP) is 3.73. The van der Waals surface area contributed by atoms with Gasteiger partial charge in [-0.25, -0.2) is 19.9 Å². The number of H-pyrrole nitrogens is 1. The van der Waals surface area contributed by atoms with E-state index in [0.717, 1.165) is 60.9 Å². The molecule has 0 aliphatic carbocycles. The maximum Gasteiger partial charge on any atom is 0.197 e. The van der Waals surface area contributed by atoms with E-state index >= 15 is 0 Å². The molecular weight excluding hydrogens is 376 g/mol. The molecule has 28 heavy (non-hydrogen) atoms. The summed E-state index contributed by atoms with van der Waals surface area (Å²) in [5.41, 5.74) is 4.45. The van der Waals surface area contributed by atoms with Crippen LogP contribution < -0.4 is 0 Å². The quantitative estimate of drug-likeness (QED) is 0.568. The van der Waals surface area contributed by atoms with Crippen LogP contribution >= 0.6 is 12.4 Å². The van der Waals surface area contributed by atoms with E-state index in [9.17, 15) is 0 Å². The fraction of sp³-hybridized carbons (Fsp3) is 0.300. The van der Waals surface area contributed by atoms with Gasteiger partial charge in [-0.2, -0.15) is 0 Å². The number of hydrogen-bond acceptors (Lipinski definition) is 5. The number of nitrogens with one attached hydrogen (secondary N) is 1. The lowest BCUT2D eigenvalue weighted by Gasteiger charge is -2.22. The molecule has 8 heteroatoms. The summed E-state index contributed by atoms with van der Waals surface area (Å²) in [7, 11) is 0. The van der Waals surface area contributed by atoms with E-state index in [1.165, 1.54) is 0 Å². The molecule has 1 aromatic carbocycles. The lowest BCUT2D eigenvalue weighted by atomic mass is 10.0. The number of aromatic amines is 1. The first kappa shape index (κ1) is 18.6. The van der Waals surface area contributed by atoms with E-state index in [1.54, 1.807) is 12.4 Å². The van der Waals surface area contributed by atoms with Crippen LogP contribution in [0.2, 0.25) is 0 Å². The van der Waals surface area contributed by atoms with Crippen LogP contribution in [-0.4, -0.2) is 42.7 Å². The molecule has 1 N–H and O–H groups in total. The highest BCUT2D eigenvalue weighted by Gasteiger charge is 2.17. The summed E-state index contributed by atoms with van der Waals surface area (Å²) < 4.78 is 7.58. The summed E-state index contributed by atoms with van der Waals surface area (Å²) in [6.45, 7) is 2.60. The van der Waals surface area contributed by atoms with E-state index < -0.39 is 0 Å². The Hall–Kier alpha value is -2.77. The zero-order valence-corrected chi connectivity index (χ0v) is 16.1. The van der Waals surface area contributed by atoms with E-state index in [2.05, 4.69) is 24.5 Å². The van der Waals surface area contributed by atoms with E-state index in [-0.39, 0.29) is 12.4 Å². The molecule has 0 spiro atoms. The molecule has 7 nitrogen and oxygen atoms in total. The molecule has 0 unspecified atom stereocenters. The largest absolute Gasteiger partial charge is 0.381 e. The average molecular weight is 397 g/mol. The maximum absolute atomic E-state index is 5.46. The zero-order valence-electron chi connectivity index (χ0n) is 15.3. The molecule has 1 saturated heterocycles. The van der Waals surface area contributed by atoms with Gasteiger partial charge in [0, 0.05) is 43.3 Å². The van der Waals surface area contributed by atoms with Gasteiger partial charge in [0.2, 0.25) is 0 Å². The molecule has 144 valence electrons. The van der Waals surface area contributed by atoms with Gasteiger partial charge in [0.15, 0.2) is 11.3 Å². The number of benzene rings is 1. The summed E-state index contributed by atoms with van der Waals surface area (Å²) in [6.07, 6.45) is 9.38. The monoisotopic (exact) mass is 396 g/mol. The lowest BCUT2D eigenvalue weighted by Crippen LogP contribution is -2.20. The molecular formula is C20H21ClN6O. The van der Waals surface area contributed by atoms with Crippen molar-refractivity contribution in [3.63, 3.8) is 0 Å². The number of nitrogens with zero attached hydrogens (tertiary/aromatic N) is 5. The molecule has 0 saturated carbocycles. The SMILES string of the molecule is Cl.c1c[nH]c(-c2ccc(-c3cnc4ncn(CC5CCOCC5)c4n3)cc2)n1. The predicted molar refractivity (Wildman–Crippen MR) is 109 cm³/mol. The Morgan fingerprint density at radius 2 is 1.82 bits per heavy atom. The molecule has 0 radical (unpaired) electrons. The highest BCUT2D eigenvalue weighted by molar-refractivity contribution is 5.85. The van der Waals surface area contributed by atoms with Gasteiger partial charge in [0.05, 0.1) is 18.2 Å². The summed E-state index contributed by atoms with van der Waals surface area (Å²) >= 11 is 0. The Kier molecular flexibility index (Phi) is 5.36. The van der Waals surface area contributed by atoms with Gasteiger partial charge in [-0.05, 0) is 18.8 Å². The minimum atomic E-state index is 0. The molecule has 0 bridgehead atoms. The molecule has 3 aromatic heterocycles. The van der Waals surface area contributed by atoms with Crippen LogP contribution in [-0.2, 0) is 11.3 Å². The minimum absolute atomic E-state index is 0. The second-order valence-corrected chi connectivity index (χ2v) is 6.87. The van der Waals surface area contributed by atoms with Crippen molar-refractivity contribution in [2.45, 2.75) is 19.4 Å². The first-order valence-corrected chi connectivity index (χ1v) is 9.22. The number of aromatic nitrogens is 6. The third kappa shape index (κ3) is 3.63. The first-order chi connectivity index (χ1) is 13.4. The molecule has 4 heterocycles. The van der Waals surface area contributed by atoms with Gasteiger partial charge in [-0.3, -0.25) is 0 Å². The normalized spacial score (nSPS) is 14.9. The number of hydrogen-bond donors (Lipinski definition) is 1. The molecule has 1 aliphatic heterocycles. The highest BCUT2D eigenvalue weighted by atomic mass is 35.5. The third-order valence-corrected chi connectivity index (χ3v) is 5.08. The van der Waals surface area contributed by atoms with Crippen molar-refractivity contribution in [2.75, 3.05) is 13.2 Å². The highest BCUT2D eigenvalue weighted by Crippen LogP contribution is 2.24. The van der Waals surface area contributed by atoms with Crippen LogP contribution in [0.3, 0.4) is 0 Å². The molecule has 4 aromatic rings. The average Bonchev–Trinajstić information content (AvgIpc) is 3.39. The first-order valence-electron chi connectivity index (χ1n) is 9.22. The van der Waals surface area contributed by atoms with Crippen molar-refractivity contribution in [1.82, 2.24) is 29.5 Å². The van der Waals surface area contributed by atoms with Gasteiger partial charge >= 0.3 is 0 Å². The van der Waals surface area contributed by atoms with Gasteiger partial charge in [0.1, 0.15) is 5.82 Å². The number of imidazole rings is 2. The van der Waals surface area contributed by atoms with Crippen LogP contribution in [0.15, 0.2) is 49.2 Å². The minimum Gasteiger partial charge on any atom is -0.381 e.